The molecule has 0 radical (unpaired) electrons. The summed E-state index contributed by atoms with van der Waals surface area (Å²) in [6, 6.07) is 4.25. The molecular formula is C9H13NO2. The summed E-state index contributed by atoms with van der Waals surface area (Å²) in [5.74, 6) is 2.34. The monoisotopic (exact) mass is 167 g/mol. The predicted octanol–water partition coefficient (Wildman–Crippen LogP) is 1.24. The lowest BCUT2D eigenvalue weighted by Crippen LogP contribution is -2.00. The van der Waals surface area contributed by atoms with E-state index in [1.54, 1.807) is 7.11 Å². The van der Waals surface area contributed by atoms with Gasteiger partial charge in [0.2, 0.25) is 0 Å². The van der Waals surface area contributed by atoms with Gasteiger partial charge in [-0.05, 0) is 18.6 Å². The van der Waals surface area contributed by atoms with Crippen molar-refractivity contribution in [3.8, 4) is 0 Å². The summed E-state index contributed by atoms with van der Waals surface area (Å²) in [5.41, 5.74) is 5.69. The average molecular weight is 167 g/mol. The van der Waals surface area contributed by atoms with Gasteiger partial charge in [-0.2, -0.15) is 0 Å². The summed E-state index contributed by atoms with van der Waals surface area (Å²) in [6.07, 6.45) is 1.06. The first kappa shape index (κ1) is 7.83. The lowest BCUT2D eigenvalue weighted by atomic mass is 10.3. The van der Waals surface area contributed by atoms with Gasteiger partial charge in [-0.15, -0.1) is 0 Å². The molecule has 2 unspecified atom stereocenters. The van der Waals surface area contributed by atoms with E-state index in [9.17, 15) is 0 Å². The van der Waals surface area contributed by atoms with Crippen molar-refractivity contribution in [3.05, 3.63) is 23.7 Å². The van der Waals surface area contributed by atoms with E-state index in [-0.39, 0.29) is 0 Å². The van der Waals surface area contributed by atoms with Gasteiger partial charge in [-0.25, -0.2) is 0 Å². The molecule has 12 heavy (non-hydrogen) atoms. The summed E-state index contributed by atoms with van der Waals surface area (Å²) >= 11 is 0. The molecule has 0 spiro atoms. The second-order valence-electron chi connectivity index (χ2n) is 3.24. The molecular weight excluding hydrogens is 154 g/mol. The number of nitrogens with two attached hydrogens (primary N) is 1. The van der Waals surface area contributed by atoms with Gasteiger partial charge < -0.3 is 14.9 Å². The predicted molar refractivity (Wildman–Crippen MR) is 44.8 cm³/mol. The molecule has 0 saturated heterocycles. The molecule has 1 fully saturated rings. The Balaban J connectivity index is 2.04. The van der Waals surface area contributed by atoms with Crippen molar-refractivity contribution in [2.75, 3.05) is 7.11 Å². The first-order valence-electron chi connectivity index (χ1n) is 4.14. The zero-order valence-corrected chi connectivity index (χ0v) is 7.12. The summed E-state index contributed by atoms with van der Waals surface area (Å²) in [7, 11) is 1.66. The summed E-state index contributed by atoms with van der Waals surface area (Å²) in [6.45, 7) is 0.544. The molecule has 1 saturated carbocycles. The van der Waals surface area contributed by atoms with Crippen LogP contribution in [0.15, 0.2) is 16.5 Å². The van der Waals surface area contributed by atoms with Crippen molar-refractivity contribution in [1.82, 2.24) is 0 Å². The van der Waals surface area contributed by atoms with E-state index in [0.29, 0.717) is 18.6 Å². The van der Waals surface area contributed by atoms with Crippen molar-refractivity contribution in [3.63, 3.8) is 0 Å². The van der Waals surface area contributed by atoms with E-state index in [0.717, 1.165) is 17.9 Å². The van der Waals surface area contributed by atoms with Crippen LogP contribution < -0.4 is 5.73 Å². The fourth-order valence-corrected chi connectivity index (χ4v) is 1.36. The Morgan fingerprint density at radius 1 is 1.67 bits per heavy atom. The lowest BCUT2D eigenvalue weighted by molar-refractivity contribution is 0.162. The average Bonchev–Trinajstić information content (AvgIpc) is 2.62. The van der Waals surface area contributed by atoms with Gasteiger partial charge in [-0.3, -0.25) is 0 Å². The third-order valence-corrected chi connectivity index (χ3v) is 2.17. The Labute approximate surface area is 71.5 Å². The number of hydrogen-bond donors (Lipinski definition) is 1. The third kappa shape index (κ3) is 1.38. The highest BCUT2D eigenvalue weighted by Crippen LogP contribution is 2.39. The van der Waals surface area contributed by atoms with Crippen LogP contribution in [0.2, 0.25) is 0 Å². The van der Waals surface area contributed by atoms with Crippen LogP contribution in [0, 0.1) is 0 Å². The summed E-state index contributed by atoms with van der Waals surface area (Å²) < 4.78 is 10.5. The second-order valence-corrected chi connectivity index (χ2v) is 3.24. The van der Waals surface area contributed by atoms with Gasteiger partial charge in [0.15, 0.2) is 0 Å². The molecule has 1 aliphatic carbocycles. The van der Waals surface area contributed by atoms with Crippen LogP contribution in [-0.4, -0.2) is 13.2 Å². The molecule has 66 valence electrons. The zero-order chi connectivity index (χ0) is 8.55. The number of ether oxygens (including phenoxy) is 1. The molecule has 1 aromatic rings. The van der Waals surface area contributed by atoms with Crippen LogP contribution in [0.3, 0.4) is 0 Å². The van der Waals surface area contributed by atoms with Crippen LogP contribution in [-0.2, 0) is 11.3 Å². The van der Waals surface area contributed by atoms with Gasteiger partial charge in [0, 0.05) is 19.1 Å². The van der Waals surface area contributed by atoms with E-state index in [4.69, 9.17) is 14.9 Å². The topological polar surface area (TPSA) is 48.4 Å². The number of hydrogen-bond acceptors (Lipinski definition) is 3. The van der Waals surface area contributed by atoms with Crippen molar-refractivity contribution < 1.29 is 9.15 Å². The minimum atomic E-state index is 0.312. The van der Waals surface area contributed by atoms with Gasteiger partial charge in [-0.1, -0.05) is 0 Å². The van der Waals surface area contributed by atoms with E-state index < -0.39 is 0 Å². The number of methoxy groups -OCH3 is 1. The SMILES string of the molecule is COCc1ccc(C2CC2N)o1. The molecule has 2 rings (SSSR count). The van der Waals surface area contributed by atoms with E-state index in [1.165, 1.54) is 0 Å². The van der Waals surface area contributed by atoms with Crippen LogP contribution in [0.5, 0.6) is 0 Å². The highest BCUT2D eigenvalue weighted by molar-refractivity contribution is 5.19. The zero-order valence-electron chi connectivity index (χ0n) is 7.12. The normalized spacial score (nSPS) is 27.5. The molecule has 1 heterocycles. The fourth-order valence-electron chi connectivity index (χ4n) is 1.36. The smallest absolute Gasteiger partial charge is 0.129 e. The van der Waals surface area contributed by atoms with Crippen molar-refractivity contribution in [2.45, 2.75) is 25.0 Å². The van der Waals surface area contributed by atoms with Gasteiger partial charge in [0.1, 0.15) is 18.1 Å². The molecule has 0 aliphatic heterocycles. The quantitative estimate of drug-likeness (QED) is 0.736. The Bertz CT molecular complexity index is 269. The molecule has 1 aliphatic rings. The van der Waals surface area contributed by atoms with E-state index >= 15 is 0 Å². The van der Waals surface area contributed by atoms with E-state index in [2.05, 4.69) is 0 Å². The molecule has 0 bridgehead atoms. The van der Waals surface area contributed by atoms with Crippen molar-refractivity contribution in [1.29, 1.82) is 0 Å². The third-order valence-electron chi connectivity index (χ3n) is 2.17. The Morgan fingerprint density at radius 3 is 3.00 bits per heavy atom. The maximum atomic E-state index is 5.69. The van der Waals surface area contributed by atoms with Gasteiger partial charge in [0.25, 0.3) is 0 Å². The first-order chi connectivity index (χ1) is 5.81. The largest absolute Gasteiger partial charge is 0.463 e. The maximum absolute atomic E-state index is 5.69. The van der Waals surface area contributed by atoms with Gasteiger partial charge >= 0.3 is 0 Å². The Morgan fingerprint density at radius 2 is 2.42 bits per heavy atom. The second kappa shape index (κ2) is 2.92. The first-order valence-corrected chi connectivity index (χ1v) is 4.14. The Kier molecular flexibility index (Phi) is 1.90. The van der Waals surface area contributed by atoms with Crippen LogP contribution in [0.4, 0.5) is 0 Å². The number of rotatable bonds is 3. The van der Waals surface area contributed by atoms with E-state index in [1.807, 2.05) is 12.1 Å². The van der Waals surface area contributed by atoms with Crippen molar-refractivity contribution >= 4 is 0 Å². The highest BCUT2D eigenvalue weighted by atomic mass is 16.5. The fraction of sp³-hybridized carbons (Fsp3) is 0.556. The summed E-state index contributed by atoms with van der Waals surface area (Å²) in [5, 5.41) is 0. The highest BCUT2D eigenvalue weighted by Gasteiger charge is 2.37. The lowest BCUT2D eigenvalue weighted by Gasteiger charge is -1.93. The minimum absolute atomic E-state index is 0.312. The van der Waals surface area contributed by atoms with Crippen LogP contribution in [0.1, 0.15) is 23.9 Å². The van der Waals surface area contributed by atoms with Crippen LogP contribution >= 0.6 is 0 Å². The molecule has 2 atom stereocenters. The summed E-state index contributed by atoms with van der Waals surface area (Å²) in [4.78, 5) is 0. The molecule has 3 heteroatoms. The number of furan rings is 1. The molecule has 0 aromatic carbocycles. The minimum Gasteiger partial charge on any atom is -0.463 e. The van der Waals surface area contributed by atoms with Gasteiger partial charge in [0.05, 0.1) is 0 Å². The van der Waals surface area contributed by atoms with Crippen molar-refractivity contribution in [2.24, 2.45) is 5.73 Å². The Hall–Kier alpha value is -0.800. The molecule has 1 aromatic heterocycles. The standard InChI is InChI=1S/C9H13NO2/c1-11-5-6-2-3-9(12-6)7-4-8(7)10/h2-3,7-8H,4-5,10H2,1H3. The molecule has 0 amide bonds. The molecule has 2 N–H and O–H groups in total. The maximum Gasteiger partial charge on any atom is 0.129 e. The molecule has 3 nitrogen and oxygen atoms in total. The van der Waals surface area contributed by atoms with Crippen LogP contribution in [0.25, 0.3) is 0 Å².